The molecule has 0 aliphatic carbocycles. The largest absolute Gasteiger partial charge is 0.320 e. The molecule has 2 N–H and O–H groups in total. The van der Waals surface area contributed by atoms with E-state index >= 15 is 0 Å². The van der Waals surface area contributed by atoms with E-state index in [9.17, 15) is 9.59 Å². The molecule has 0 aliphatic heterocycles. The van der Waals surface area contributed by atoms with Gasteiger partial charge in [0.15, 0.2) is 0 Å². The van der Waals surface area contributed by atoms with Gasteiger partial charge < -0.3 is 10.6 Å². The van der Waals surface area contributed by atoms with Crippen LogP contribution in [0, 0.1) is 0 Å². The number of carbonyl (C=O) groups excluding carboxylic acids is 2. The lowest BCUT2D eigenvalue weighted by Gasteiger charge is -2.11. The molecule has 2 aromatic carbocycles. The quantitative estimate of drug-likeness (QED) is 0.131. The lowest BCUT2D eigenvalue weighted by atomic mass is 10.2. The van der Waals surface area contributed by atoms with Gasteiger partial charge in [0.25, 0.3) is 11.8 Å². The van der Waals surface area contributed by atoms with E-state index in [0.717, 1.165) is 20.1 Å². The molecule has 230 valence electrons. The van der Waals surface area contributed by atoms with Crippen LogP contribution in [0.15, 0.2) is 119 Å². The SMILES string of the molecule is O=C(Nc1ccccc1Br)c1cc(-c2ccncc2)nn1CCCCn1nc(-c2ccncc2)cc1C(=O)Nc1ccccc1Br. The predicted octanol–water partition coefficient (Wildman–Crippen LogP) is 7.71. The third kappa shape index (κ3) is 7.30. The molecule has 0 bridgehead atoms. The Hall–Kier alpha value is -4.94. The maximum Gasteiger partial charge on any atom is 0.273 e. The zero-order valence-corrected chi connectivity index (χ0v) is 27.6. The lowest BCUT2D eigenvalue weighted by Crippen LogP contribution is -2.19. The first-order valence-electron chi connectivity index (χ1n) is 14.5. The molecule has 10 nitrogen and oxygen atoms in total. The normalized spacial score (nSPS) is 10.9. The topological polar surface area (TPSA) is 120 Å². The zero-order valence-electron chi connectivity index (χ0n) is 24.5. The number of rotatable bonds is 11. The van der Waals surface area contributed by atoms with E-state index < -0.39 is 0 Å². The number of benzene rings is 2. The van der Waals surface area contributed by atoms with Crippen LogP contribution in [0.3, 0.4) is 0 Å². The Morgan fingerprint density at radius 3 is 1.37 bits per heavy atom. The summed E-state index contributed by atoms with van der Waals surface area (Å²) in [5.74, 6) is -0.528. The number of carbonyl (C=O) groups is 2. The predicted molar refractivity (Wildman–Crippen MR) is 184 cm³/mol. The number of hydrogen-bond donors (Lipinski definition) is 2. The van der Waals surface area contributed by atoms with E-state index in [2.05, 4.69) is 52.5 Å². The third-order valence-corrected chi connectivity index (χ3v) is 8.59. The Labute approximate surface area is 282 Å². The van der Waals surface area contributed by atoms with Crippen LogP contribution in [-0.4, -0.2) is 41.3 Å². The van der Waals surface area contributed by atoms with Gasteiger partial charge in [0.1, 0.15) is 11.4 Å². The summed E-state index contributed by atoms with van der Waals surface area (Å²) in [4.78, 5) is 35.1. The Morgan fingerprint density at radius 1 is 0.587 bits per heavy atom. The summed E-state index contributed by atoms with van der Waals surface area (Å²) in [6, 6.07) is 26.0. The van der Waals surface area contributed by atoms with Crippen molar-refractivity contribution >= 4 is 55.0 Å². The summed E-state index contributed by atoms with van der Waals surface area (Å²) < 4.78 is 5.03. The van der Waals surface area contributed by atoms with Gasteiger partial charge >= 0.3 is 0 Å². The standard InChI is InChI=1S/C34H28Br2N8O2/c35-25-7-1-3-9-27(25)39-33(45)31-21-29(23-11-15-37-16-12-23)41-43(31)19-5-6-20-44-32(22-30(42-44)24-13-17-38-18-14-24)34(46)40-28-10-4-2-8-26(28)36/h1-4,7-18,21-22H,5-6,19-20H2,(H,39,45)(H,40,46). The van der Waals surface area contributed by atoms with E-state index in [1.807, 2.05) is 72.8 Å². The Balaban J connectivity index is 1.20. The minimum Gasteiger partial charge on any atom is -0.320 e. The number of halogens is 2. The number of para-hydroxylation sites is 2. The molecule has 12 heteroatoms. The average molecular weight is 740 g/mol. The molecule has 2 amide bonds. The van der Waals surface area contributed by atoms with Gasteiger partial charge in [-0.05, 0) is 105 Å². The molecule has 4 heterocycles. The first-order valence-corrected chi connectivity index (χ1v) is 16.1. The molecule has 0 radical (unpaired) electrons. The monoisotopic (exact) mass is 738 g/mol. The Morgan fingerprint density at radius 2 is 0.978 bits per heavy atom. The Bertz CT molecular complexity index is 1830. The molecule has 0 fully saturated rings. The second-order valence-corrected chi connectivity index (χ2v) is 12.0. The summed E-state index contributed by atoms with van der Waals surface area (Å²) in [5.41, 5.74) is 5.31. The van der Waals surface area contributed by atoms with Crippen LogP contribution in [0.4, 0.5) is 11.4 Å². The van der Waals surface area contributed by atoms with E-state index in [1.54, 1.807) is 46.3 Å². The lowest BCUT2D eigenvalue weighted by molar-refractivity contribution is 0.100. The maximum absolute atomic E-state index is 13.4. The summed E-state index contributed by atoms with van der Waals surface area (Å²) in [6.45, 7) is 0.974. The number of nitrogens with one attached hydrogen (secondary N) is 2. The van der Waals surface area contributed by atoms with Crippen molar-refractivity contribution in [1.29, 1.82) is 0 Å². The van der Waals surface area contributed by atoms with Crippen molar-refractivity contribution in [2.24, 2.45) is 0 Å². The molecule has 0 aliphatic rings. The Kier molecular flexibility index (Phi) is 9.75. The van der Waals surface area contributed by atoms with Crippen molar-refractivity contribution in [3.05, 3.63) is 130 Å². The number of pyridine rings is 2. The summed E-state index contributed by atoms with van der Waals surface area (Å²) in [5, 5.41) is 15.5. The molecule has 6 rings (SSSR count). The van der Waals surface area contributed by atoms with E-state index in [-0.39, 0.29) is 11.8 Å². The summed E-state index contributed by atoms with van der Waals surface area (Å²) >= 11 is 7.00. The fraction of sp³-hybridized carbons (Fsp3) is 0.118. The van der Waals surface area contributed by atoms with Crippen LogP contribution in [0.25, 0.3) is 22.5 Å². The van der Waals surface area contributed by atoms with Crippen molar-refractivity contribution in [3.8, 4) is 22.5 Å². The fourth-order valence-electron chi connectivity index (χ4n) is 4.89. The minimum absolute atomic E-state index is 0.264. The van der Waals surface area contributed by atoms with Crippen LogP contribution in [0.1, 0.15) is 33.8 Å². The van der Waals surface area contributed by atoms with Crippen LogP contribution in [0.2, 0.25) is 0 Å². The smallest absolute Gasteiger partial charge is 0.273 e. The second kappa shape index (κ2) is 14.4. The van der Waals surface area contributed by atoms with Crippen molar-refractivity contribution < 1.29 is 9.59 Å². The maximum atomic E-state index is 13.4. The van der Waals surface area contributed by atoms with Gasteiger partial charge in [0.05, 0.1) is 22.8 Å². The zero-order chi connectivity index (χ0) is 31.9. The summed E-state index contributed by atoms with van der Waals surface area (Å²) in [7, 11) is 0. The van der Waals surface area contributed by atoms with Gasteiger partial charge in [0, 0.05) is 57.9 Å². The second-order valence-electron chi connectivity index (χ2n) is 10.3. The first kappa shape index (κ1) is 31.1. The van der Waals surface area contributed by atoms with Crippen molar-refractivity contribution in [2.45, 2.75) is 25.9 Å². The molecule has 0 unspecified atom stereocenters. The number of amides is 2. The van der Waals surface area contributed by atoms with Gasteiger partial charge in [0.2, 0.25) is 0 Å². The molecule has 46 heavy (non-hydrogen) atoms. The van der Waals surface area contributed by atoms with E-state index in [0.29, 0.717) is 60.1 Å². The van der Waals surface area contributed by atoms with Crippen LogP contribution >= 0.6 is 31.9 Å². The van der Waals surface area contributed by atoms with Gasteiger partial charge in [-0.3, -0.25) is 28.9 Å². The van der Waals surface area contributed by atoms with Gasteiger partial charge in [-0.25, -0.2) is 0 Å². The number of aryl methyl sites for hydroxylation is 2. The highest BCUT2D eigenvalue weighted by molar-refractivity contribution is 9.11. The van der Waals surface area contributed by atoms with E-state index in [1.165, 1.54) is 0 Å². The number of aromatic nitrogens is 6. The number of anilines is 2. The highest BCUT2D eigenvalue weighted by Crippen LogP contribution is 2.26. The van der Waals surface area contributed by atoms with Crippen LogP contribution < -0.4 is 10.6 Å². The third-order valence-electron chi connectivity index (χ3n) is 7.21. The van der Waals surface area contributed by atoms with Crippen LogP contribution in [-0.2, 0) is 13.1 Å². The minimum atomic E-state index is -0.264. The number of unbranched alkanes of at least 4 members (excludes halogenated alkanes) is 1. The molecule has 6 aromatic rings. The van der Waals surface area contributed by atoms with Crippen molar-refractivity contribution in [3.63, 3.8) is 0 Å². The average Bonchev–Trinajstić information content (AvgIpc) is 3.71. The summed E-state index contributed by atoms with van der Waals surface area (Å²) in [6.07, 6.45) is 8.16. The number of nitrogens with zero attached hydrogens (tertiary/aromatic N) is 6. The molecule has 0 atom stereocenters. The number of hydrogen-bond acceptors (Lipinski definition) is 6. The van der Waals surface area contributed by atoms with Crippen molar-refractivity contribution in [2.75, 3.05) is 10.6 Å². The van der Waals surface area contributed by atoms with Crippen molar-refractivity contribution in [1.82, 2.24) is 29.5 Å². The fourth-order valence-corrected chi connectivity index (χ4v) is 5.66. The van der Waals surface area contributed by atoms with Gasteiger partial charge in [-0.1, -0.05) is 24.3 Å². The molecule has 0 spiro atoms. The molecular formula is C34H28Br2N8O2. The highest BCUT2D eigenvalue weighted by atomic mass is 79.9. The van der Waals surface area contributed by atoms with E-state index in [4.69, 9.17) is 10.2 Å². The molecule has 0 saturated carbocycles. The molecule has 4 aromatic heterocycles. The van der Waals surface area contributed by atoms with Gasteiger partial charge in [-0.2, -0.15) is 10.2 Å². The van der Waals surface area contributed by atoms with Crippen LogP contribution in [0.5, 0.6) is 0 Å². The first-order chi connectivity index (χ1) is 22.5. The van der Waals surface area contributed by atoms with Gasteiger partial charge in [-0.15, -0.1) is 0 Å². The highest BCUT2D eigenvalue weighted by Gasteiger charge is 2.19. The molecular weight excluding hydrogens is 712 g/mol. The molecule has 0 saturated heterocycles.